The van der Waals surface area contributed by atoms with E-state index >= 15 is 0 Å². The van der Waals surface area contributed by atoms with Gasteiger partial charge in [0.25, 0.3) is 5.91 Å². The molecular weight excluding hydrogens is 330 g/mol. The summed E-state index contributed by atoms with van der Waals surface area (Å²) in [6.45, 7) is 0. The number of benzene rings is 1. The average molecular weight is 343 g/mol. The Kier molecular flexibility index (Phi) is 4.13. The highest BCUT2D eigenvalue weighted by atomic mass is 16.1. The molecule has 0 aliphatic carbocycles. The van der Waals surface area contributed by atoms with Crippen molar-refractivity contribution in [2.75, 3.05) is 5.32 Å². The van der Waals surface area contributed by atoms with E-state index in [0.29, 0.717) is 23.0 Å². The molecule has 4 rings (SSSR count). The molecule has 0 saturated carbocycles. The van der Waals surface area contributed by atoms with E-state index in [1.807, 2.05) is 30.3 Å². The van der Waals surface area contributed by atoms with E-state index in [1.165, 1.54) is 23.3 Å². The Hall–Kier alpha value is -3.94. The number of carbonyl (C=O) groups excluding carboxylic acids is 1. The van der Waals surface area contributed by atoms with E-state index < -0.39 is 0 Å². The fourth-order valence-electron chi connectivity index (χ4n) is 2.29. The van der Waals surface area contributed by atoms with Crippen LogP contribution in [0.2, 0.25) is 0 Å². The van der Waals surface area contributed by atoms with Gasteiger partial charge in [-0.3, -0.25) is 4.79 Å². The van der Waals surface area contributed by atoms with Crippen molar-refractivity contribution < 1.29 is 4.79 Å². The van der Waals surface area contributed by atoms with Crippen LogP contribution >= 0.6 is 0 Å². The van der Waals surface area contributed by atoms with Gasteiger partial charge in [0.2, 0.25) is 5.95 Å². The monoisotopic (exact) mass is 343 g/mol. The van der Waals surface area contributed by atoms with Crippen molar-refractivity contribution in [3.8, 4) is 17.3 Å². The Labute approximate surface area is 148 Å². The zero-order valence-corrected chi connectivity index (χ0v) is 13.5. The summed E-state index contributed by atoms with van der Waals surface area (Å²) in [5.41, 5.74) is 1.77. The van der Waals surface area contributed by atoms with Crippen molar-refractivity contribution in [2.45, 2.75) is 0 Å². The lowest BCUT2D eigenvalue weighted by atomic mass is 10.2. The summed E-state index contributed by atoms with van der Waals surface area (Å²) in [6, 6.07) is 11.3. The molecule has 8 nitrogen and oxygen atoms in total. The third-order valence-corrected chi connectivity index (χ3v) is 3.54. The third kappa shape index (κ3) is 3.29. The molecule has 1 amide bonds. The van der Waals surface area contributed by atoms with Gasteiger partial charge in [-0.2, -0.15) is 5.10 Å². The molecule has 0 fully saturated rings. The van der Waals surface area contributed by atoms with Crippen molar-refractivity contribution in [1.29, 1.82) is 0 Å². The predicted molar refractivity (Wildman–Crippen MR) is 94.6 cm³/mol. The lowest BCUT2D eigenvalue weighted by Gasteiger charge is -2.03. The van der Waals surface area contributed by atoms with Gasteiger partial charge in [-0.1, -0.05) is 30.3 Å². The maximum Gasteiger partial charge on any atom is 0.258 e. The molecule has 1 aromatic carbocycles. The average Bonchev–Trinajstić information content (AvgIpc) is 3.18. The highest BCUT2D eigenvalue weighted by Gasteiger charge is 2.10. The molecule has 0 atom stereocenters. The summed E-state index contributed by atoms with van der Waals surface area (Å²) >= 11 is 0. The number of hydrogen-bond donors (Lipinski definition) is 1. The molecule has 26 heavy (non-hydrogen) atoms. The van der Waals surface area contributed by atoms with Crippen molar-refractivity contribution in [3.05, 3.63) is 79.1 Å². The molecule has 8 heteroatoms. The zero-order chi connectivity index (χ0) is 17.8. The van der Waals surface area contributed by atoms with Crippen LogP contribution in [-0.4, -0.2) is 35.6 Å². The largest absolute Gasteiger partial charge is 0.319 e. The van der Waals surface area contributed by atoms with Crippen LogP contribution in [-0.2, 0) is 0 Å². The summed E-state index contributed by atoms with van der Waals surface area (Å²) in [5, 5.41) is 6.88. The minimum Gasteiger partial charge on any atom is -0.319 e. The number of amides is 1. The Balaban J connectivity index is 1.48. The molecule has 0 unspecified atom stereocenters. The minimum absolute atomic E-state index is 0.321. The number of nitrogens with one attached hydrogen (secondary N) is 1. The van der Waals surface area contributed by atoms with Gasteiger partial charge in [-0.15, -0.1) is 0 Å². The number of anilines is 1. The number of hydrogen-bond acceptors (Lipinski definition) is 6. The van der Waals surface area contributed by atoms with E-state index in [9.17, 15) is 4.79 Å². The quantitative estimate of drug-likeness (QED) is 0.611. The topological polar surface area (TPSA) is 98.5 Å². The summed E-state index contributed by atoms with van der Waals surface area (Å²) in [6.07, 6.45) is 9.38. The molecule has 0 spiro atoms. The number of rotatable bonds is 4. The standard InChI is InChI=1S/C18H13N7O/c26-17(14-9-21-16(22-10-14)13-5-2-1-3-6-13)24-15-11-23-25(12-15)18-19-7-4-8-20-18/h1-12H,(H,24,26). The second kappa shape index (κ2) is 6.89. The highest BCUT2D eigenvalue weighted by Crippen LogP contribution is 2.14. The molecule has 4 aromatic rings. The Morgan fingerprint density at radius 2 is 1.62 bits per heavy atom. The first kappa shape index (κ1) is 15.6. The smallest absolute Gasteiger partial charge is 0.258 e. The lowest BCUT2D eigenvalue weighted by molar-refractivity contribution is 0.102. The van der Waals surface area contributed by atoms with Crippen molar-refractivity contribution >= 4 is 11.6 Å². The maximum absolute atomic E-state index is 12.3. The zero-order valence-electron chi connectivity index (χ0n) is 13.5. The first-order valence-corrected chi connectivity index (χ1v) is 7.80. The fraction of sp³-hybridized carbons (Fsp3) is 0. The van der Waals surface area contributed by atoms with E-state index in [4.69, 9.17) is 0 Å². The second-order valence-corrected chi connectivity index (χ2v) is 5.34. The van der Waals surface area contributed by atoms with Crippen LogP contribution in [0.3, 0.4) is 0 Å². The Bertz CT molecular complexity index is 1010. The number of nitrogens with zero attached hydrogens (tertiary/aromatic N) is 6. The highest BCUT2D eigenvalue weighted by molar-refractivity contribution is 6.03. The molecule has 1 N–H and O–H groups in total. The molecular formula is C18H13N7O. The van der Waals surface area contributed by atoms with Gasteiger partial charge in [0.1, 0.15) is 0 Å². The van der Waals surface area contributed by atoms with Crippen LogP contribution in [0, 0.1) is 0 Å². The van der Waals surface area contributed by atoms with Crippen molar-refractivity contribution in [2.24, 2.45) is 0 Å². The molecule has 0 saturated heterocycles. The molecule has 126 valence electrons. The van der Waals surface area contributed by atoms with E-state index in [0.717, 1.165) is 5.56 Å². The van der Waals surface area contributed by atoms with Crippen LogP contribution in [0.1, 0.15) is 10.4 Å². The third-order valence-electron chi connectivity index (χ3n) is 3.54. The minimum atomic E-state index is -0.321. The molecule has 3 aromatic heterocycles. The summed E-state index contributed by atoms with van der Waals surface area (Å²) in [5.74, 6) is 0.665. The van der Waals surface area contributed by atoms with Gasteiger partial charge >= 0.3 is 0 Å². The first-order valence-electron chi connectivity index (χ1n) is 7.80. The van der Waals surface area contributed by atoms with Crippen molar-refractivity contribution in [3.63, 3.8) is 0 Å². The number of aromatic nitrogens is 6. The summed E-state index contributed by atoms with van der Waals surface area (Å²) < 4.78 is 1.48. The van der Waals surface area contributed by atoms with Crippen LogP contribution in [0.4, 0.5) is 5.69 Å². The van der Waals surface area contributed by atoms with Gasteiger partial charge in [0.05, 0.1) is 23.6 Å². The Morgan fingerprint density at radius 3 is 2.35 bits per heavy atom. The van der Waals surface area contributed by atoms with E-state index in [-0.39, 0.29) is 5.91 Å². The SMILES string of the molecule is O=C(Nc1cnn(-c2ncccn2)c1)c1cnc(-c2ccccc2)nc1. The second-order valence-electron chi connectivity index (χ2n) is 5.34. The van der Waals surface area contributed by atoms with Crippen LogP contribution < -0.4 is 5.32 Å². The van der Waals surface area contributed by atoms with Crippen LogP contribution in [0.5, 0.6) is 0 Å². The van der Waals surface area contributed by atoms with Gasteiger partial charge < -0.3 is 5.32 Å². The van der Waals surface area contributed by atoms with E-state index in [2.05, 4.69) is 30.4 Å². The summed E-state index contributed by atoms with van der Waals surface area (Å²) in [7, 11) is 0. The van der Waals surface area contributed by atoms with Crippen molar-refractivity contribution in [1.82, 2.24) is 29.7 Å². The molecule has 0 radical (unpaired) electrons. The van der Waals surface area contributed by atoms with E-state index in [1.54, 1.807) is 24.7 Å². The Morgan fingerprint density at radius 1 is 0.885 bits per heavy atom. The maximum atomic E-state index is 12.3. The van der Waals surface area contributed by atoms with Gasteiger partial charge in [-0.25, -0.2) is 24.6 Å². The molecule has 3 heterocycles. The fourth-order valence-corrected chi connectivity index (χ4v) is 2.29. The molecule has 0 aliphatic rings. The van der Waals surface area contributed by atoms with Gasteiger partial charge in [0.15, 0.2) is 5.82 Å². The lowest BCUT2D eigenvalue weighted by Crippen LogP contribution is -2.12. The predicted octanol–water partition coefficient (Wildman–Crippen LogP) is 2.37. The summed E-state index contributed by atoms with van der Waals surface area (Å²) in [4.78, 5) is 29.0. The molecule has 0 aliphatic heterocycles. The molecule has 0 bridgehead atoms. The number of carbonyl (C=O) groups is 1. The first-order chi connectivity index (χ1) is 12.8. The van der Waals surface area contributed by atoms with Crippen LogP contribution in [0.25, 0.3) is 17.3 Å². The van der Waals surface area contributed by atoms with Gasteiger partial charge in [-0.05, 0) is 6.07 Å². The van der Waals surface area contributed by atoms with Crippen LogP contribution in [0.15, 0.2) is 73.6 Å². The van der Waals surface area contributed by atoms with Gasteiger partial charge in [0, 0.05) is 30.4 Å². The normalized spacial score (nSPS) is 10.5.